The van der Waals surface area contributed by atoms with Gasteiger partial charge in [0.2, 0.25) is 0 Å². The van der Waals surface area contributed by atoms with Crippen molar-refractivity contribution in [3.63, 3.8) is 0 Å². The molecule has 5 nitrogen and oxygen atoms in total. The van der Waals surface area contributed by atoms with E-state index in [0.717, 1.165) is 16.3 Å². The Balaban J connectivity index is 1.79. The molecule has 0 saturated carbocycles. The highest BCUT2D eigenvalue weighted by molar-refractivity contribution is 7.99. The Hall–Kier alpha value is -3.12. The number of nitrogens with zero attached hydrogens (tertiary/aromatic N) is 3. The molecule has 4 aromatic rings. The molecule has 1 amide bonds. The van der Waals surface area contributed by atoms with E-state index in [-0.39, 0.29) is 5.91 Å². The van der Waals surface area contributed by atoms with Crippen LogP contribution in [0.1, 0.15) is 27.3 Å². The molecule has 0 spiro atoms. The normalized spacial score (nSPS) is 11.0. The second-order valence-corrected chi connectivity index (χ2v) is 7.75. The molecule has 0 saturated heterocycles. The fourth-order valence-corrected chi connectivity index (χ4v) is 3.84. The third-order valence-electron chi connectivity index (χ3n) is 4.37. The zero-order valence-electron chi connectivity index (χ0n) is 15.9. The lowest BCUT2D eigenvalue weighted by molar-refractivity contribution is 0.102. The SMILES string of the molecule is Cc1ccc(Sc2nn3c(C)cc(C)nc3c2NC(=O)c2ccccc2)cc1. The Morgan fingerprint density at radius 3 is 2.43 bits per heavy atom. The van der Waals surface area contributed by atoms with Gasteiger partial charge in [0.25, 0.3) is 5.91 Å². The Bertz CT molecular complexity index is 1150. The maximum absolute atomic E-state index is 12.8. The predicted octanol–water partition coefficient (Wildman–Crippen LogP) is 5.06. The van der Waals surface area contributed by atoms with Gasteiger partial charge in [-0.05, 0) is 51.1 Å². The first-order valence-corrected chi connectivity index (χ1v) is 9.81. The molecule has 0 aliphatic carbocycles. The van der Waals surface area contributed by atoms with Crippen LogP contribution in [0.5, 0.6) is 0 Å². The molecule has 0 aliphatic rings. The van der Waals surface area contributed by atoms with Gasteiger partial charge in [-0.25, -0.2) is 9.50 Å². The number of aryl methyl sites for hydroxylation is 3. The molecule has 140 valence electrons. The van der Waals surface area contributed by atoms with Crippen molar-refractivity contribution < 1.29 is 4.79 Å². The summed E-state index contributed by atoms with van der Waals surface area (Å²) in [6.07, 6.45) is 0. The zero-order valence-corrected chi connectivity index (χ0v) is 16.7. The van der Waals surface area contributed by atoms with Gasteiger partial charge in [0.1, 0.15) is 10.7 Å². The van der Waals surface area contributed by atoms with Crippen molar-refractivity contribution in [2.75, 3.05) is 5.32 Å². The summed E-state index contributed by atoms with van der Waals surface area (Å²) in [5.41, 5.74) is 4.92. The molecule has 0 aliphatic heterocycles. The van der Waals surface area contributed by atoms with Crippen molar-refractivity contribution in [2.24, 2.45) is 0 Å². The number of hydrogen-bond acceptors (Lipinski definition) is 4. The van der Waals surface area contributed by atoms with E-state index in [9.17, 15) is 4.79 Å². The monoisotopic (exact) mass is 388 g/mol. The highest BCUT2D eigenvalue weighted by Gasteiger charge is 2.19. The van der Waals surface area contributed by atoms with Crippen molar-refractivity contribution in [3.05, 3.63) is 83.2 Å². The summed E-state index contributed by atoms with van der Waals surface area (Å²) in [5, 5.41) is 8.47. The molecule has 0 radical (unpaired) electrons. The van der Waals surface area contributed by atoms with Gasteiger partial charge >= 0.3 is 0 Å². The van der Waals surface area contributed by atoms with E-state index in [1.807, 2.05) is 38.1 Å². The standard InChI is InChI=1S/C22H20N4OS/c1-14-9-11-18(12-10-14)28-22-19(24-21(27)17-7-5-4-6-8-17)20-23-15(2)13-16(3)26(20)25-22/h4-13H,1-3H3,(H,24,27). The minimum Gasteiger partial charge on any atom is -0.316 e. The van der Waals surface area contributed by atoms with Gasteiger partial charge in [-0.3, -0.25) is 4.79 Å². The topological polar surface area (TPSA) is 59.3 Å². The number of fused-ring (bicyclic) bond motifs is 1. The molecule has 2 aromatic carbocycles. The Morgan fingerprint density at radius 1 is 1.00 bits per heavy atom. The Labute approximate surface area is 167 Å². The van der Waals surface area contributed by atoms with Gasteiger partial charge < -0.3 is 5.32 Å². The molecule has 28 heavy (non-hydrogen) atoms. The molecule has 2 aromatic heterocycles. The number of carbonyl (C=O) groups is 1. The Kier molecular flexibility index (Phi) is 4.88. The van der Waals surface area contributed by atoms with E-state index >= 15 is 0 Å². The number of aromatic nitrogens is 3. The first-order valence-electron chi connectivity index (χ1n) is 8.99. The van der Waals surface area contributed by atoms with E-state index in [1.165, 1.54) is 17.3 Å². The maximum Gasteiger partial charge on any atom is 0.255 e. The molecule has 0 atom stereocenters. The van der Waals surface area contributed by atoms with Crippen molar-refractivity contribution in [1.29, 1.82) is 0 Å². The van der Waals surface area contributed by atoms with Crippen LogP contribution in [0.2, 0.25) is 0 Å². The fraction of sp³-hybridized carbons (Fsp3) is 0.136. The third kappa shape index (κ3) is 3.64. The van der Waals surface area contributed by atoms with Crippen LogP contribution < -0.4 is 5.32 Å². The molecule has 4 rings (SSSR count). The average molecular weight is 388 g/mol. The first kappa shape index (κ1) is 18.3. The lowest BCUT2D eigenvalue weighted by Crippen LogP contribution is -2.12. The molecular weight excluding hydrogens is 368 g/mol. The van der Waals surface area contributed by atoms with Crippen LogP contribution in [0.25, 0.3) is 5.65 Å². The summed E-state index contributed by atoms with van der Waals surface area (Å²) in [5.74, 6) is -0.179. The van der Waals surface area contributed by atoms with Crippen molar-refractivity contribution >= 4 is 29.0 Å². The van der Waals surface area contributed by atoms with Crippen LogP contribution in [0.15, 0.2) is 70.6 Å². The summed E-state index contributed by atoms with van der Waals surface area (Å²) < 4.78 is 1.78. The van der Waals surface area contributed by atoms with Crippen LogP contribution in [-0.4, -0.2) is 20.5 Å². The van der Waals surface area contributed by atoms with Gasteiger partial charge in [0.15, 0.2) is 5.65 Å². The predicted molar refractivity (Wildman–Crippen MR) is 112 cm³/mol. The molecule has 6 heteroatoms. The molecule has 0 bridgehead atoms. The summed E-state index contributed by atoms with van der Waals surface area (Å²) in [6, 6.07) is 19.4. The maximum atomic E-state index is 12.8. The van der Waals surface area contributed by atoms with Crippen LogP contribution in [0.4, 0.5) is 5.69 Å². The molecule has 0 fully saturated rings. The van der Waals surface area contributed by atoms with Crippen molar-refractivity contribution in [3.8, 4) is 0 Å². The van der Waals surface area contributed by atoms with Gasteiger partial charge in [0.05, 0.1) is 0 Å². The largest absolute Gasteiger partial charge is 0.316 e. The van der Waals surface area contributed by atoms with Gasteiger partial charge in [0, 0.05) is 21.8 Å². The first-order chi connectivity index (χ1) is 13.5. The van der Waals surface area contributed by atoms with Crippen LogP contribution in [0, 0.1) is 20.8 Å². The smallest absolute Gasteiger partial charge is 0.255 e. The van der Waals surface area contributed by atoms with E-state index in [0.29, 0.717) is 21.9 Å². The molecular formula is C22H20N4OS. The second-order valence-electron chi connectivity index (χ2n) is 6.69. The number of amides is 1. The number of anilines is 1. The number of carbonyl (C=O) groups excluding carboxylic acids is 1. The van der Waals surface area contributed by atoms with Crippen molar-refractivity contribution in [2.45, 2.75) is 30.7 Å². The highest BCUT2D eigenvalue weighted by atomic mass is 32.2. The quantitative estimate of drug-likeness (QED) is 0.531. The lowest BCUT2D eigenvalue weighted by atomic mass is 10.2. The lowest BCUT2D eigenvalue weighted by Gasteiger charge is -2.07. The number of hydrogen-bond donors (Lipinski definition) is 1. The van der Waals surface area contributed by atoms with E-state index < -0.39 is 0 Å². The molecule has 0 unspecified atom stereocenters. The van der Waals surface area contributed by atoms with Gasteiger partial charge in [-0.2, -0.15) is 5.10 Å². The number of rotatable bonds is 4. The fourth-order valence-electron chi connectivity index (χ4n) is 2.98. The summed E-state index contributed by atoms with van der Waals surface area (Å²) in [7, 11) is 0. The van der Waals surface area contributed by atoms with Gasteiger partial charge in [-0.1, -0.05) is 47.7 Å². The molecule has 2 heterocycles. The summed E-state index contributed by atoms with van der Waals surface area (Å²) >= 11 is 1.51. The van der Waals surface area contributed by atoms with E-state index in [2.05, 4.69) is 41.5 Å². The van der Waals surface area contributed by atoms with Gasteiger partial charge in [-0.15, -0.1) is 0 Å². The zero-order chi connectivity index (χ0) is 19.7. The Morgan fingerprint density at radius 2 is 1.71 bits per heavy atom. The van der Waals surface area contributed by atoms with Crippen LogP contribution in [0.3, 0.4) is 0 Å². The number of nitrogens with one attached hydrogen (secondary N) is 1. The minimum atomic E-state index is -0.179. The van der Waals surface area contributed by atoms with E-state index in [1.54, 1.807) is 16.6 Å². The minimum absolute atomic E-state index is 0.179. The number of benzene rings is 2. The van der Waals surface area contributed by atoms with Crippen LogP contribution in [-0.2, 0) is 0 Å². The second kappa shape index (κ2) is 7.48. The average Bonchev–Trinajstić information content (AvgIpc) is 3.02. The molecule has 1 N–H and O–H groups in total. The summed E-state index contributed by atoms with van der Waals surface area (Å²) in [4.78, 5) is 18.5. The van der Waals surface area contributed by atoms with Crippen LogP contribution >= 0.6 is 11.8 Å². The van der Waals surface area contributed by atoms with E-state index in [4.69, 9.17) is 5.10 Å². The third-order valence-corrected chi connectivity index (χ3v) is 5.36. The highest BCUT2D eigenvalue weighted by Crippen LogP contribution is 2.35. The summed E-state index contributed by atoms with van der Waals surface area (Å²) in [6.45, 7) is 5.98. The van der Waals surface area contributed by atoms with Crippen molar-refractivity contribution in [1.82, 2.24) is 14.6 Å².